The first-order valence-electron chi connectivity index (χ1n) is 4.88. The number of hydrogen-bond acceptors (Lipinski definition) is 2. The van der Waals surface area contributed by atoms with E-state index in [9.17, 15) is 5.11 Å². The van der Waals surface area contributed by atoms with Crippen LogP contribution in [0.2, 0.25) is 5.02 Å². The predicted molar refractivity (Wildman–Crippen MR) is 57.7 cm³/mol. The molecule has 0 heterocycles. The van der Waals surface area contributed by atoms with Crippen molar-refractivity contribution in [3.05, 3.63) is 28.8 Å². The van der Waals surface area contributed by atoms with Crippen LogP contribution < -0.4 is 5.73 Å². The van der Waals surface area contributed by atoms with Gasteiger partial charge in [-0.1, -0.05) is 24.1 Å². The van der Waals surface area contributed by atoms with Crippen molar-refractivity contribution in [2.24, 2.45) is 5.73 Å². The fourth-order valence-electron chi connectivity index (χ4n) is 2.20. The first-order chi connectivity index (χ1) is 6.69. The minimum atomic E-state index is -0.0670. The van der Waals surface area contributed by atoms with E-state index >= 15 is 0 Å². The first kappa shape index (κ1) is 9.81. The van der Waals surface area contributed by atoms with Gasteiger partial charge in [-0.05, 0) is 25.0 Å². The van der Waals surface area contributed by atoms with Gasteiger partial charge in [0.05, 0.1) is 0 Å². The van der Waals surface area contributed by atoms with Gasteiger partial charge in [-0.15, -0.1) is 0 Å². The molecule has 0 bridgehead atoms. The number of aromatic hydroxyl groups is 1. The molecule has 0 amide bonds. The third kappa shape index (κ3) is 1.30. The third-order valence-electron chi connectivity index (χ3n) is 3.22. The van der Waals surface area contributed by atoms with Crippen molar-refractivity contribution in [2.75, 3.05) is 6.54 Å². The van der Waals surface area contributed by atoms with Gasteiger partial charge >= 0.3 is 0 Å². The van der Waals surface area contributed by atoms with Crippen molar-refractivity contribution in [3.8, 4) is 5.75 Å². The Balaban J connectivity index is 2.49. The number of benzene rings is 1. The predicted octanol–water partition coefficient (Wildman–Crippen LogP) is 2.43. The molecular formula is C11H14ClNO. The molecule has 1 aliphatic carbocycles. The average molecular weight is 212 g/mol. The lowest BCUT2D eigenvalue weighted by molar-refractivity contribution is 0.245. The lowest BCUT2D eigenvalue weighted by Gasteiger charge is -2.42. The lowest BCUT2D eigenvalue weighted by atomic mass is 9.64. The SMILES string of the molecule is NCC1(c2c(O)cccc2Cl)CCC1. The molecule has 14 heavy (non-hydrogen) atoms. The summed E-state index contributed by atoms with van der Waals surface area (Å²) in [6.45, 7) is 0.560. The smallest absolute Gasteiger partial charge is 0.120 e. The van der Waals surface area contributed by atoms with Gasteiger partial charge in [0.25, 0.3) is 0 Å². The number of rotatable bonds is 2. The molecule has 1 aliphatic rings. The highest BCUT2D eigenvalue weighted by atomic mass is 35.5. The number of hydrogen-bond donors (Lipinski definition) is 2. The quantitative estimate of drug-likeness (QED) is 0.789. The van der Waals surface area contributed by atoms with Crippen LogP contribution >= 0.6 is 11.6 Å². The highest BCUT2D eigenvalue weighted by Crippen LogP contribution is 2.48. The van der Waals surface area contributed by atoms with Crippen molar-refractivity contribution < 1.29 is 5.11 Å². The highest BCUT2D eigenvalue weighted by molar-refractivity contribution is 6.31. The zero-order valence-electron chi connectivity index (χ0n) is 7.96. The van der Waals surface area contributed by atoms with E-state index in [1.54, 1.807) is 12.1 Å². The van der Waals surface area contributed by atoms with Crippen molar-refractivity contribution in [1.29, 1.82) is 0 Å². The average Bonchev–Trinajstić information content (AvgIpc) is 2.08. The van der Waals surface area contributed by atoms with E-state index in [1.807, 2.05) is 6.07 Å². The van der Waals surface area contributed by atoms with Crippen molar-refractivity contribution in [3.63, 3.8) is 0 Å². The molecule has 0 atom stereocenters. The molecule has 2 rings (SSSR count). The first-order valence-corrected chi connectivity index (χ1v) is 5.25. The van der Waals surface area contributed by atoms with E-state index in [0.717, 1.165) is 18.4 Å². The molecule has 0 unspecified atom stereocenters. The molecule has 1 aromatic carbocycles. The van der Waals surface area contributed by atoms with E-state index < -0.39 is 0 Å². The van der Waals surface area contributed by atoms with E-state index in [1.165, 1.54) is 6.42 Å². The summed E-state index contributed by atoms with van der Waals surface area (Å²) in [6, 6.07) is 5.24. The van der Waals surface area contributed by atoms with Crippen molar-refractivity contribution in [2.45, 2.75) is 24.7 Å². The summed E-state index contributed by atoms with van der Waals surface area (Å²) in [4.78, 5) is 0. The fraction of sp³-hybridized carbons (Fsp3) is 0.455. The molecule has 0 radical (unpaired) electrons. The number of nitrogens with two attached hydrogens (primary N) is 1. The van der Waals surface area contributed by atoms with Gasteiger partial charge < -0.3 is 10.8 Å². The number of phenolic OH excluding ortho intramolecular Hbond substituents is 1. The Kier molecular flexibility index (Phi) is 2.41. The number of halogens is 1. The van der Waals surface area contributed by atoms with Gasteiger partial charge in [-0.2, -0.15) is 0 Å². The van der Waals surface area contributed by atoms with Crippen LogP contribution in [0.4, 0.5) is 0 Å². The summed E-state index contributed by atoms with van der Waals surface area (Å²) in [5.41, 5.74) is 6.54. The minimum absolute atomic E-state index is 0.0670. The molecule has 0 aliphatic heterocycles. The number of phenols is 1. The van der Waals surface area contributed by atoms with Crippen LogP contribution in [0, 0.1) is 0 Å². The molecule has 1 aromatic rings. The molecule has 3 N–H and O–H groups in total. The Morgan fingerprint density at radius 2 is 2.14 bits per heavy atom. The van der Waals surface area contributed by atoms with E-state index in [2.05, 4.69) is 0 Å². The van der Waals surface area contributed by atoms with Crippen LogP contribution in [0.5, 0.6) is 5.75 Å². The second-order valence-corrected chi connectivity index (χ2v) is 4.38. The zero-order chi connectivity index (χ0) is 10.2. The molecule has 0 saturated heterocycles. The lowest BCUT2D eigenvalue weighted by Crippen LogP contribution is -2.41. The standard InChI is InChI=1S/C11H14ClNO/c12-8-3-1-4-9(14)10(8)11(7-13)5-2-6-11/h1,3-4,14H,2,5-7,13H2. The van der Waals surface area contributed by atoms with Crippen molar-refractivity contribution >= 4 is 11.6 Å². The monoisotopic (exact) mass is 211 g/mol. The second-order valence-electron chi connectivity index (χ2n) is 3.97. The maximum Gasteiger partial charge on any atom is 0.120 e. The molecule has 3 heteroatoms. The molecule has 0 spiro atoms. The topological polar surface area (TPSA) is 46.2 Å². The van der Waals surface area contributed by atoms with Crippen molar-refractivity contribution in [1.82, 2.24) is 0 Å². The summed E-state index contributed by atoms with van der Waals surface area (Å²) in [6.07, 6.45) is 3.23. The molecular weight excluding hydrogens is 198 g/mol. The minimum Gasteiger partial charge on any atom is -0.508 e. The summed E-state index contributed by atoms with van der Waals surface area (Å²) in [5, 5.41) is 10.4. The van der Waals surface area contributed by atoms with Gasteiger partial charge in [0.2, 0.25) is 0 Å². The van der Waals surface area contributed by atoms with Gasteiger partial charge in [0, 0.05) is 22.5 Å². The summed E-state index contributed by atoms with van der Waals surface area (Å²) in [5.74, 6) is 0.280. The van der Waals surface area contributed by atoms with Crippen LogP contribution in [0.25, 0.3) is 0 Å². The van der Waals surface area contributed by atoms with E-state index in [-0.39, 0.29) is 11.2 Å². The van der Waals surface area contributed by atoms with E-state index in [4.69, 9.17) is 17.3 Å². The zero-order valence-corrected chi connectivity index (χ0v) is 8.72. The normalized spacial score (nSPS) is 19.0. The van der Waals surface area contributed by atoms with E-state index in [0.29, 0.717) is 11.6 Å². The molecule has 1 saturated carbocycles. The van der Waals surface area contributed by atoms with Gasteiger partial charge in [0.15, 0.2) is 0 Å². The Morgan fingerprint density at radius 3 is 2.57 bits per heavy atom. The Morgan fingerprint density at radius 1 is 1.43 bits per heavy atom. The highest BCUT2D eigenvalue weighted by Gasteiger charge is 2.40. The van der Waals surface area contributed by atoms with Crippen LogP contribution in [0.1, 0.15) is 24.8 Å². The van der Waals surface area contributed by atoms with Crippen LogP contribution in [0.15, 0.2) is 18.2 Å². The fourth-order valence-corrected chi connectivity index (χ4v) is 2.57. The maximum absolute atomic E-state index is 9.78. The maximum atomic E-state index is 9.78. The van der Waals surface area contributed by atoms with Crippen LogP contribution in [-0.2, 0) is 5.41 Å². The van der Waals surface area contributed by atoms with Gasteiger partial charge in [-0.25, -0.2) is 0 Å². The summed E-state index contributed by atoms with van der Waals surface area (Å²) >= 11 is 6.09. The molecule has 1 fully saturated rings. The summed E-state index contributed by atoms with van der Waals surface area (Å²) in [7, 11) is 0. The molecule has 76 valence electrons. The molecule has 0 aromatic heterocycles. The van der Waals surface area contributed by atoms with Gasteiger partial charge in [-0.3, -0.25) is 0 Å². The Hall–Kier alpha value is -0.730. The van der Waals surface area contributed by atoms with Crippen LogP contribution in [-0.4, -0.2) is 11.7 Å². The van der Waals surface area contributed by atoms with Gasteiger partial charge in [0.1, 0.15) is 5.75 Å². The molecule has 2 nitrogen and oxygen atoms in total. The Bertz CT molecular complexity index is 321. The Labute approximate surface area is 88.7 Å². The summed E-state index contributed by atoms with van der Waals surface area (Å²) < 4.78 is 0. The third-order valence-corrected chi connectivity index (χ3v) is 3.54. The van der Waals surface area contributed by atoms with Crippen LogP contribution in [0.3, 0.4) is 0 Å². The second kappa shape index (κ2) is 3.44. The largest absolute Gasteiger partial charge is 0.508 e.